The largest absolute Gasteiger partial charge is 0.499 e. The summed E-state index contributed by atoms with van der Waals surface area (Å²) in [6.45, 7) is 0.833. The van der Waals surface area contributed by atoms with E-state index in [-0.39, 0.29) is 19.0 Å². The predicted molar refractivity (Wildman–Crippen MR) is 95.5 cm³/mol. The van der Waals surface area contributed by atoms with E-state index in [1.807, 2.05) is 21.1 Å². The molecule has 26 heavy (non-hydrogen) atoms. The lowest BCUT2D eigenvalue weighted by Crippen LogP contribution is -2.35. The van der Waals surface area contributed by atoms with E-state index in [1.165, 1.54) is 0 Å². The number of nitrogens with zero attached hydrogens (tertiary/aromatic N) is 1. The zero-order valence-electron chi connectivity index (χ0n) is 15.6. The van der Waals surface area contributed by atoms with Crippen LogP contribution in [0.4, 0.5) is 0 Å². The molecule has 2 aliphatic heterocycles. The molecule has 1 unspecified atom stereocenters. The van der Waals surface area contributed by atoms with Gasteiger partial charge in [0.25, 0.3) is 0 Å². The van der Waals surface area contributed by atoms with E-state index in [9.17, 15) is 14.8 Å². The molecule has 0 amide bonds. The summed E-state index contributed by atoms with van der Waals surface area (Å²) in [5.74, 6) is -2.86. The monoisotopic (exact) mass is 412 g/mol. The van der Waals surface area contributed by atoms with Gasteiger partial charge in [0.2, 0.25) is 5.76 Å². The molecule has 9 nitrogen and oxygen atoms in total. The van der Waals surface area contributed by atoms with Crippen molar-refractivity contribution in [3.05, 3.63) is 11.5 Å². The van der Waals surface area contributed by atoms with Gasteiger partial charge in [-0.15, -0.1) is 0 Å². The standard InChI is InChI=1S/C15H26NO8PS/c1-15(2)20-9-10(23-15)12-13(11(17)14(18)22-12)24-25(19,26)21-8-6-7-16(3,4)5/h10,12H,6-9H2,1-5H3,(H-,17,19,26)/p+1/t10-,12+,25?/m0/s1. The lowest BCUT2D eigenvalue weighted by Gasteiger charge is -2.25. The zero-order valence-corrected chi connectivity index (χ0v) is 17.3. The Balaban J connectivity index is 2.00. The quantitative estimate of drug-likeness (QED) is 0.263. The highest BCUT2D eigenvalue weighted by molar-refractivity contribution is 8.07. The van der Waals surface area contributed by atoms with Crippen molar-refractivity contribution < 1.29 is 42.5 Å². The molecule has 3 atom stereocenters. The Kier molecular flexibility index (Phi) is 6.39. The van der Waals surface area contributed by atoms with E-state index in [0.717, 1.165) is 11.0 Å². The van der Waals surface area contributed by atoms with E-state index in [4.69, 9.17) is 35.1 Å². The minimum atomic E-state index is -3.72. The Morgan fingerprint density at radius 1 is 1.38 bits per heavy atom. The van der Waals surface area contributed by atoms with Crippen molar-refractivity contribution in [1.29, 1.82) is 0 Å². The van der Waals surface area contributed by atoms with Crippen molar-refractivity contribution in [2.45, 2.75) is 38.3 Å². The van der Waals surface area contributed by atoms with E-state index in [2.05, 4.69) is 0 Å². The van der Waals surface area contributed by atoms with E-state index in [0.29, 0.717) is 6.42 Å². The number of carbonyl (C=O) groups excluding carboxylic acids is 1. The molecule has 11 heteroatoms. The molecule has 0 aliphatic carbocycles. The number of aliphatic hydroxyl groups excluding tert-OH is 1. The lowest BCUT2D eigenvalue weighted by molar-refractivity contribution is -0.870. The summed E-state index contributed by atoms with van der Waals surface area (Å²) >= 11 is 4.98. The number of hydrogen-bond donors (Lipinski definition) is 2. The Bertz CT molecular complexity index is 630. The zero-order chi connectivity index (χ0) is 19.8. The molecular weight excluding hydrogens is 385 g/mol. The van der Waals surface area contributed by atoms with Crippen molar-refractivity contribution in [2.24, 2.45) is 0 Å². The topological polar surface area (TPSA) is 104 Å². The molecule has 2 aliphatic rings. The molecule has 0 aromatic rings. The van der Waals surface area contributed by atoms with Crippen molar-refractivity contribution in [1.82, 2.24) is 0 Å². The molecule has 0 aromatic heterocycles. The Hall–Kier alpha value is -0.740. The van der Waals surface area contributed by atoms with Crippen LogP contribution in [0.5, 0.6) is 0 Å². The molecule has 0 radical (unpaired) electrons. The maximum atomic E-state index is 11.7. The fraction of sp³-hybridized carbons (Fsp3) is 0.800. The number of esters is 1. The summed E-state index contributed by atoms with van der Waals surface area (Å²) < 4.78 is 27.5. The van der Waals surface area contributed by atoms with Gasteiger partial charge in [0.05, 0.1) is 40.9 Å². The number of rotatable bonds is 8. The second-order valence-corrected chi connectivity index (χ2v) is 10.4. The van der Waals surface area contributed by atoms with Gasteiger partial charge in [-0.05, 0) is 13.8 Å². The highest BCUT2D eigenvalue weighted by atomic mass is 32.5. The number of cyclic esters (lactones) is 1. The maximum absolute atomic E-state index is 11.7. The van der Waals surface area contributed by atoms with Gasteiger partial charge in [0, 0.05) is 18.2 Å². The first-order chi connectivity index (χ1) is 11.8. The first-order valence-corrected chi connectivity index (χ1v) is 10.8. The van der Waals surface area contributed by atoms with Gasteiger partial charge in [0.1, 0.15) is 6.10 Å². The summed E-state index contributed by atoms with van der Waals surface area (Å²) in [4.78, 5) is 22.0. The van der Waals surface area contributed by atoms with Gasteiger partial charge < -0.3 is 33.2 Å². The molecule has 150 valence electrons. The maximum Gasteiger partial charge on any atom is 0.378 e. The van der Waals surface area contributed by atoms with Crippen LogP contribution in [-0.4, -0.2) is 79.3 Å². The average Bonchev–Trinajstić information content (AvgIpc) is 2.97. The van der Waals surface area contributed by atoms with Crippen LogP contribution in [0.2, 0.25) is 0 Å². The van der Waals surface area contributed by atoms with E-state index < -0.39 is 36.4 Å². The van der Waals surface area contributed by atoms with Gasteiger partial charge in [-0.25, -0.2) is 4.79 Å². The van der Waals surface area contributed by atoms with Crippen LogP contribution in [0.1, 0.15) is 20.3 Å². The number of ether oxygens (including phenoxy) is 3. The van der Waals surface area contributed by atoms with Crippen molar-refractivity contribution in [3.8, 4) is 0 Å². The third kappa shape index (κ3) is 5.88. The van der Waals surface area contributed by atoms with Crippen LogP contribution >= 0.6 is 6.72 Å². The number of aliphatic hydroxyl groups is 1. The fourth-order valence-corrected chi connectivity index (χ4v) is 3.85. The number of carbonyl (C=O) groups is 1. The second-order valence-electron chi connectivity index (χ2n) is 7.67. The first-order valence-electron chi connectivity index (χ1n) is 8.23. The molecule has 2 rings (SSSR count). The summed E-state index contributed by atoms with van der Waals surface area (Å²) in [5, 5.41) is 9.95. The van der Waals surface area contributed by atoms with Gasteiger partial charge in [-0.2, -0.15) is 0 Å². The molecule has 0 bridgehead atoms. The van der Waals surface area contributed by atoms with Crippen molar-refractivity contribution in [2.75, 3.05) is 40.9 Å². The highest BCUT2D eigenvalue weighted by Gasteiger charge is 2.48. The molecule has 1 saturated heterocycles. The molecule has 0 aromatic carbocycles. The molecular formula is C15H27NO8PS+. The summed E-state index contributed by atoms with van der Waals surface area (Å²) in [5.41, 5.74) is 0. The summed E-state index contributed by atoms with van der Waals surface area (Å²) in [6.07, 6.45) is -1.10. The second kappa shape index (κ2) is 7.71. The average molecular weight is 412 g/mol. The number of hydrogen-bond acceptors (Lipinski definition) is 8. The van der Waals surface area contributed by atoms with Crippen molar-refractivity contribution >= 4 is 24.5 Å². The highest BCUT2D eigenvalue weighted by Crippen LogP contribution is 2.49. The Labute approximate surface area is 158 Å². The lowest BCUT2D eigenvalue weighted by atomic mass is 10.2. The molecule has 1 fully saturated rings. The van der Waals surface area contributed by atoms with Crippen LogP contribution in [0, 0.1) is 0 Å². The van der Waals surface area contributed by atoms with Crippen molar-refractivity contribution in [3.63, 3.8) is 0 Å². The molecule has 2 heterocycles. The summed E-state index contributed by atoms with van der Waals surface area (Å²) in [7, 11) is 6.10. The minimum Gasteiger partial charge on any atom is -0.499 e. The molecule has 0 spiro atoms. The number of quaternary nitrogens is 1. The van der Waals surface area contributed by atoms with Crippen LogP contribution in [0.15, 0.2) is 11.5 Å². The van der Waals surface area contributed by atoms with Gasteiger partial charge >= 0.3 is 12.7 Å². The third-order valence-corrected chi connectivity index (χ3v) is 5.20. The van der Waals surface area contributed by atoms with Gasteiger partial charge in [-0.3, -0.25) is 4.52 Å². The van der Waals surface area contributed by atoms with E-state index >= 15 is 0 Å². The minimum absolute atomic E-state index is 0.129. The predicted octanol–water partition coefficient (Wildman–Crippen LogP) is 1.18. The van der Waals surface area contributed by atoms with Crippen LogP contribution < -0.4 is 0 Å². The summed E-state index contributed by atoms with van der Waals surface area (Å²) in [6, 6.07) is 0. The Morgan fingerprint density at radius 3 is 2.58 bits per heavy atom. The van der Waals surface area contributed by atoms with Crippen LogP contribution in [0.25, 0.3) is 0 Å². The SMILES string of the molecule is CC1(C)OC[C@@H]([C@H]2OC(=O)C(O)=C2OP(O)(=S)OCCC[N+](C)(C)C)O1. The van der Waals surface area contributed by atoms with Crippen LogP contribution in [-0.2, 0) is 39.9 Å². The van der Waals surface area contributed by atoms with E-state index in [1.54, 1.807) is 13.8 Å². The normalized spacial score (nSPS) is 28.2. The van der Waals surface area contributed by atoms with Gasteiger partial charge in [0.15, 0.2) is 17.7 Å². The molecule has 0 saturated carbocycles. The van der Waals surface area contributed by atoms with Gasteiger partial charge in [-0.1, -0.05) is 0 Å². The fourth-order valence-electron chi connectivity index (χ4n) is 2.53. The molecule has 2 N–H and O–H groups in total. The third-order valence-electron chi connectivity index (χ3n) is 3.73. The first kappa shape index (κ1) is 21.6. The smallest absolute Gasteiger partial charge is 0.378 e. The Morgan fingerprint density at radius 2 is 2.04 bits per heavy atom. The van der Waals surface area contributed by atoms with Crippen LogP contribution in [0.3, 0.4) is 0 Å².